The Labute approximate surface area is 101 Å². The molecule has 1 heterocycles. The number of rotatable bonds is 4. The highest BCUT2D eigenvalue weighted by atomic mass is 16.5. The molecule has 0 saturated carbocycles. The molecule has 90 valence electrons. The van der Waals surface area contributed by atoms with Crippen molar-refractivity contribution in [3.63, 3.8) is 0 Å². The molecule has 0 aliphatic rings. The Morgan fingerprint density at radius 2 is 2.24 bits per heavy atom. The topological polar surface area (TPSA) is 39.1 Å². The predicted octanol–water partition coefficient (Wildman–Crippen LogP) is 2.35. The van der Waals surface area contributed by atoms with Crippen molar-refractivity contribution in [2.75, 3.05) is 12.4 Å². The van der Waals surface area contributed by atoms with E-state index < -0.39 is 0 Å². The van der Waals surface area contributed by atoms with Gasteiger partial charge < -0.3 is 10.1 Å². The van der Waals surface area contributed by atoms with Gasteiger partial charge in [-0.05, 0) is 24.6 Å². The van der Waals surface area contributed by atoms with Crippen LogP contribution in [0.4, 0.5) is 5.82 Å². The van der Waals surface area contributed by atoms with Gasteiger partial charge in [-0.15, -0.1) is 0 Å². The summed E-state index contributed by atoms with van der Waals surface area (Å²) in [5, 5.41) is 7.57. The Hall–Kier alpha value is -1.97. The highest BCUT2D eigenvalue weighted by Crippen LogP contribution is 2.16. The van der Waals surface area contributed by atoms with Gasteiger partial charge in [-0.2, -0.15) is 5.10 Å². The lowest BCUT2D eigenvalue weighted by Gasteiger charge is -2.09. The molecule has 0 saturated heterocycles. The Morgan fingerprint density at radius 3 is 2.88 bits per heavy atom. The fourth-order valence-electron chi connectivity index (χ4n) is 1.77. The number of ether oxygens (including phenoxy) is 1. The molecule has 0 atom stereocenters. The highest BCUT2D eigenvalue weighted by molar-refractivity contribution is 5.43. The summed E-state index contributed by atoms with van der Waals surface area (Å²) < 4.78 is 7.04. The summed E-state index contributed by atoms with van der Waals surface area (Å²) in [6, 6.07) is 8.03. The first-order valence-corrected chi connectivity index (χ1v) is 5.56. The molecule has 1 aromatic heterocycles. The average Bonchev–Trinajstić information content (AvgIpc) is 2.67. The first-order valence-electron chi connectivity index (χ1n) is 5.56. The van der Waals surface area contributed by atoms with Crippen LogP contribution < -0.4 is 10.1 Å². The number of aromatic nitrogens is 2. The van der Waals surface area contributed by atoms with Gasteiger partial charge in [-0.25, -0.2) is 0 Å². The third-order valence-corrected chi connectivity index (χ3v) is 2.72. The summed E-state index contributed by atoms with van der Waals surface area (Å²) in [6.07, 6.45) is 1.86. The van der Waals surface area contributed by atoms with E-state index >= 15 is 0 Å². The van der Waals surface area contributed by atoms with E-state index in [0.717, 1.165) is 23.7 Å². The Bertz CT molecular complexity index is 486. The molecule has 2 aromatic rings. The summed E-state index contributed by atoms with van der Waals surface area (Å²) >= 11 is 0. The minimum atomic E-state index is 0.761. The highest BCUT2D eigenvalue weighted by Gasteiger charge is 2.03. The van der Waals surface area contributed by atoms with Crippen molar-refractivity contribution in [3.8, 4) is 5.75 Å². The van der Waals surface area contributed by atoms with Gasteiger partial charge in [0.1, 0.15) is 11.6 Å². The summed E-state index contributed by atoms with van der Waals surface area (Å²) in [6.45, 7) is 2.80. The molecule has 0 radical (unpaired) electrons. The number of methoxy groups -OCH3 is 1. The van der Waals surface area contributed by atoms with Gasteiger partial charge in [-0.1, -0.05) is 12.1 Å². The van der Waals surface area contributed by atoms with Crippen LogP contribution in [-0.4, -0.2) is 16.9 Å². The van der Waals surface area contributed by atoms with E-state index in [1.54, 1.807) is 7.11 Å². The van der Waals surface area contributed by atoms with Crippen LogP contribution in [0.3, 0.4) is 0 Å². The monoisotopic (exact) mass is 231 g/mol. The molecule has 0 aliphatic carbocycles. The maximum absolute atomic E-state index is 5.19. The second-order valence-electron chi connectivity index (χ2n) is 4.00. The Balaban J connectivity index is 2.07. The molecule has 0 fully saturated rings. The third-order valence-electron chi connectivity index (χ3n) is 2.72. The minimum absolute atomic E-state index is 0.761. The number of benzene rings is 1. The van der Waals surface area contributed by atoms with Crippen molar-refractivity contribution >= 4 is 5.82 Å². The van der Waals surface area contributed by atoms with E-state index in [4.69, 9.17) is 4.74 Å². The predicted molar refractivity (Wildman–Crippen MR) is 68.3 cm³/mol. The van der Waals surface area contributed by atoms with Crippen molar-refractivity contribution in [1.82, 2.24) is 9.78 Å². The maximum atomic E-state index is 5.19. The molecule has 4 nitrogen and oxygen atoms in total. The third kappa shape index (κ3) is 2.58. The molecule has 0 amide bonds. The standard InChI is InChI=1S/C13H17N3O/c1-10-8-15-16(2)13(10)14-9-11-5-4-6-12(7-11)17-3/h4-8,14H,9H2,1-3H3. The number of nitrogens with zero attached hydrogens (tertiary/aromatic N) is 2. The molecule has 1 aromatic carbocycles. The zero-order valence-corrected chi connectivity index (χ0v) is 10.4. The first-order chi connectivity index (χ1) is 8.20. The minimum Gasteiger partial charge on any atom is -0.497 e. The molecular weight excluding hydrogens is 214 g/mol. The van der Waals surface area contributed by atoms with Crippen LogP contribution in [0.25, 0.3) is 0 Å². The maximum Gasteiger partial charge on any atom is 0.127 e. The zero-order valence-electron chi connectivity index (χ0n) is 10.4. The fourth-order valence-corrected chi connectivity index (χ4v) is 1.77. The summed E-state index contributed by atoms with van der Waals surface area (Å²) in [5.74, 6) is 1.93. The van der Waals surface area contributed by atoms with Gasteiger partial charge >= 0.3 is 0 Å². The molecule has 4 heteroatoms. The van der Waals surface area contributed by atoms with Crippen LogP contribution in [0.2, 0.25) is 0 Å². The van der Waals surface area contributed by atoms with Gasteiger partial charge in [-0.3, -0.25) is 4.68 Å². The molecule has 0 unspecified atom stereocenters. The van der Waals surface area contributed by atoms with E-state index in [9.17, 15) is 0 Å². The number of hydrogen-bond acceptors (Lipinski definition) is 3. The van der Waals surface area contributed by atoms with Crippen LogP contribution in [0, 0.1) is 6.92 Å². The average molecular weight is 231 g/mol. The van der Waals surface area contributed by atoms with Gasteiger partial charge in [0.25, 0.3) is 0 Å². The van der Waals surface area contributed by atoms with Gasteiger partial charge in [0.2, 0.25) is 0 Å². The van der Waals surface area contributed by atoms with E-state index in [1.807, 2.05) is 43.0 Å². The van der Waals surface area contributed by atoms with Crippen molar-refractivity contribution in [1.29, 1.82) is 0 Å². The lowest BCUT2D eigenvalue weighted by atomic mass is 10.2. The SMILES string of the molecule is COc1cccc(CNc2c(C)cnn2C)c1. The summed E-state index contributed by atoms with van der Waals surface area (Å²) in [5.41, 5.74) is 2.33. The molecule has 0 spiro atoms. The van der Waals surface area contributed by atoms with Crippen molar-refractivity contribution < 1.29 is 4.74 Å². The second-order valence-corrected chi connectivity index (χ2v) is 4.00. The molecule has 1 N–H and O–H groups in total. The molecule has 0 aliphatic heterocycles. The first kappa shape index (κ1) is 11.5. The molecule has 2 rings (SSSR count). The van der Waals surface area contributed by atoms with E-state index in [1.165, 1.54) is 5.56 Å². The van der Waals surface area contributed by atoms with Gasteiger partial charge in [0.05, 0.1) is 13.3 Å². The number of hydrogen-bond donors (Lipinski definition) is 1. The second kappa shape index (κ2) is 4.91. The largest absolute Gasteiger partial charge is 0.497 e. The number of nitrogens with one attached hydrogen (secondary N) is 1. The van der Waals surface area contributed by atoms with Crippen LogP contribution in [0.5, 0.6) is 5.75 Å². The fraction of sp³-hybridized carbons (Fsp3) is 0.308. The zero-order chi connectivity index (χ0) is 12.3. The lowest BCUT2D eigenvalue weighted by molar-refractivity contribution is 0.414. The van der Waals surface area contributed by atoms with E-state index in [-0.39, 0.29) is 0 Å². The Kier molecular flexibility index (Phi) is 3.32. The van der Waals surface area contributed by atoms with Gasteiger partial charge in [0, 0.05) is 19.2 Å². The number of anilines is 1. The van der Waals surface area contributed by atoms with Gasteiger partial charge in [0.15, 0.2) is 0 Å². The van der Waals surface area contributed by atoms with Crippen LogP contribution in [-0.2, 0) is 13.6 Å². The summed E-state index contributed by atoms with van der Waals surface area (Å²) in [7, 11) is 3.61. The Morgan fingerprint density at radius 1 is 1.41 bits per heavy atom. The smallest absolute Gasteiger partial charge is 0.127 e. The van der Waals surface area contributed by atoms with Crippen molar-refractivity contribution in [3.05, 3.63) is 41.6 Å². The van der Waals surface area contributed by atoms with E-state index in [0.29, 0.717) is 0 Å². The quantitative estimate of drug-likeness (QED) is 0.878. The van der Waals surface area contributed by atoms with Crippen LogP contribution in [0.15, 0.2) is 30.5 Å². The molecular formula is C13H17N3O. The number of aryl methyl sites for hydroxylation is 2. The normalized spacial score (nSPS) is 10.3. The van der Waals surface area contributed by atoms with Crippen LogP contribution >= 0.6 is 0 Å². The molecule has 0 bridgehead atoms. The van der Waals surface area contributed by atoms with E-state index in [2.05, 4.69) is 16.5 Å². The van der Waals surface area contributed by atoms with Crippen molar-refractivity contribution in [2.24, 2.45) is 7.05 Å². The van der Waals surface area contributed by atoms with Crippen molar-refractivity contribution in [2.45, 2.75) is 13.5 Å². The lowest BCUT2D eigenvalue weighted by Crippen LogP contribution is -2.05. The summed E-state index contributed by atoms with van der Waals surface area (Å²) in [4.78, 5) is 0. The molecule has 17 heavy (non-hydrogen) atoms. The van der Waals surface area contributed by atoms with Crippen LogP contribution in [0.1, 0.15) is 11.1 Å².